The maximum absolute atomic E-state index is 11.9. The van der Waals surface area contributed by atoms with Gasteiger partial charge in [0.15, 0.2) is 6.10 Å². The molecule has 0 spiro atoms. The summed E-state index contributed by atoms with van der Waals surface area (Å²) < 4.78 is 5.04. The molecule has 0 fully saturated rings. The van der Waals surface area contributed by atoms with Crippen LogP contribution >= 0.6 is 0 Å². The summed E-state index contributed by atoms with van der Waals surface area (Å²) in [7, 11) is 0. The molecule has 1 aliphatic rings. The Hall–Kier alpha value is -2.21. The quantitative estimate of drug-likeness (QED) is 0.762. The molecule has 0 aromatic heterocycles. The minimum atomic E-state index is -0.839. The molecule has 1 heterocycles. The van der Waals surface area contributed by atoms with Crippen molar-refractivity contribution in [2.24, 2.45) is 0 Å². The first kappa shape index (κ1) is 13.2. The molecule has 0 bridgehead atoms. The number of hydroxylamine groups is 2. The molecule has 1 unspecified atom stereocenters. The fourth-order valence-corrected chi connectivity index (χ4v) is 1.73. The Kier molecular flexibility index (Phi) is 3.62. The number of rotatable bonds is 4. The van der Waals surface area contributed by atoms with Crippen molar-refractivity contribution in [1.29, 1.82) is 0 Å². The van der Waals surface area contributed by atoms with Crippen LogP contribution in [0, 0.1) is 0 Å². The highest BCUT2D eigenvalue weighted by molar-refractivity contribution is 6.20. The normalized spacial score (nSPS) is 15.4. The van der Waals surface area contributed by atoms with Gasteiger partial charge in [-0.2, -0.15) is 0 Å². The molecule has 1 aliphatic heterocycles. The van der Waals surface area contributed by atoms with Gasteiger partial charge in [-0.15, -0.1) is 0 Å². The van der Waals surface area contributed by atoms with Gasteiger partial charge in [-0.1, -0.05) is 17.2 Å². The van der Waals surface area contributed by atoms with E-state index in [0.29, 0.717) is 11.7 Å². The molecule has 0 aliphatic carbocycles. The number of fused-ring (bicyclic) bond motifs is 1. The van der Waals surface area contributed by atoms with Crippen molar-refractivity contribution < 1.29 is 24.0 Å². The smallest absolute Gasteiger partial charge is 0.361 e. The third-order valence-corrected chi connectivity index (χ3v) is 2.69. The van der Waals surface area contributed by atoms with E-state index in [-0.39, 0.29) is 11.1 Å². The van der Waals surface area contributed by atoms with Crippen molar-refractivity contribution in [2.75, 3.05) is 6.61 Å². The van der Waals surface area contributed by atoms with Crippen LogP contribution in [0.1, 0.15) is 34.6 Å². The average molecular weight is 263 g/mol. The molecule has 0 N–H and O–H groups in total. The summed E-state index contributed by atoms with van der Waals surface area (Å²) in [6.07, 6.45) is -0.839. The second-order valence-electron chi connectivity index (χ2n) is 3.96. The van der Waals surface area contributed by atoms with E-state index in [1.165, 1.54) is 19.1 Å². The van der Waals surface area contributed by atoms with Crippen molar-refractivity contribution in [3.63, 3.8) is 0 Å². The number of carbonyl (C=O) groups excluding carboxylic acids is 3. The number of hydrogen-bond acceptors (Lipinski definition) is 5. The van der Waals surface area contributed by atoms with Crippen molar-refractivity contribution in [1.82, 2.24) is 5.06 Å². The minimum absolute atomic E-state index is 0.226. The van der Waals surface area contributed by atoms with E-state index in [1.807, 2.05) is 0 Å². The molecular formula is C13H13NO5. The van der Waals surface area contributed by atoms with Gasteiger partial charge in [-0.05, 0) is 26.0 Å². The van der Waals surface area contributed by atoms with Gasteiger partial charge in [0.25, 0.3) is 11.8 Å². The Bertz CT molecular complexity index is 505. The summed E-state index contributed by atoms with van der Waals surface area (Å²) in [6, 6.07) is 6.29. The zero-order chi connectivity index (χ0) is 14.0. The number of amides is 2. The molecule has 0 radical (unpaired) electrons. The van der Waals surface area contributed by atoms with Gasteiger partial charge in [-0.3, -0.25) is 9.59 Å². The van der Waals surface area contributed by atoms with E-state index in [2.05, 4.69) is 0 Å². The van der Waals surface area contributed by atoms with Crippen LogP contribution in [0.5, 0.6) is 0 Å². The van der Waals surface area contributed by atoms with Crippen LogP contribution in [0.25, 0.3) is 0 Å². The van der Waals surface area contributed by atoms with Gasteiger partial charge in [0, 0.05) is 6.61 Å². The van der Waals surface area contributed by atoms with Crippen molar-refractivity contribution in [3.8, 4) is 0 Å². The number of carbonyl (C=O) groups is 3. The molecule has 100 valence electrons. The maximum atomic E-state index is 11.9. The molecule has 2 rings (SSSR count). The van der Waals surface area contributed by atoms with Gasteiger partial charge >= 0.3 is 5.97 Å². The molecular weight excluding hydrogens is 250 g/mol. The summed E-state index contributed by atoms with van der Waals surface area (Å²) in [5, 5.41) is 0.475. The lowest BCUT2D eigenvalue weighted by molar-refractivity contribution is -0.180. The van der Waals surface area contributed by atoms with E-state index < -0.39 is 23.9 Å². The van der Waals surface area contributed by atoms with Crippen LogP contribution in [-0.2, 0) is 14.4 Å². The Labute approximate surface area is 109 Å². The van der Waals surface area contributed by atoms with Crippen molar-refractivity contribution in [3.05, 3.63) is 35.4 Å². The lowest BCUT2D eigenvalue weighted by Crippen LogP contribution is -2.36. The Balaban J connectivity index is 2.14. The number of benzene rings is 1. The van der Waals surface area contributed by atoms with E-state index in [9.17, 15) is 14.4 Å². The molecule has 6 heteroatoms. The van der Waals surface area contributed by atoms with Crippen LogP contribution < -0.4 is 0 Å². The summed E-state index contributed by atoms with van der Waals surface area (Å²) >= 11 is 0. The Morgan fingerprint density at radius 1 is 1.21 bits per heavy atom. The van der Waals surface area contributed by atoms with E-state index in [4.69, 9.17) is 9.57 Å². The van der Waals surface area contributed by atoms with Gasteiger partial charge in [0.2, 0.25) is 0 Å². The molecule has 1 aromatic carbocycles. The molecule has 19 heavy (non-hydrogen) atoms. The van der Waals surface area contributed by atoms with E-state index >= 15 is 0 Å². The second-order valence-corrected chi connectivity index (χ2v) is 3.96. The first-order valence-electron chi connectivity index (χ1n) is 5.87. The van der Waals surface area contributed by atoms with Crippen molar-refractivity contribution >= 4 is 17.8 Å². The highest BCUT2D eigenvalue weighted by Crippen LogP contribution is 2.22. The predicted octanol–water partition coefficient (Wildman–Crippen LogP) is 1.17. The fourth-order valence-electron chi connectivity index (χ4n) is 1.73. The lowest BCUT2D eigenvalue weighted by atomic mass is 10.1. The first-order valence-corrected chi connectivity index (χ1v) is 5.87. The molecule has 2 amide bonds. The van der Waals surface area contributed by atoms with Crippen LogP contribution in [-0.4, -0.2) is 35.6 Å². The zero-order valence-corrected chi connectivity index (χ0v) is 10.6. The average Bonchev–Trinajstić information content (AvgIpc) is 2.65. The number of nitrogens with zero attached hydrogens (tertiary/aromatic N) is 1. The Morgan fingerprint density at radius 2 is 1.74 bits per heavy atom. The summed E-state index contributed by atoms with van der Waals surface area (Å²) in [4.78, 5) is 40.3. The molecule has 6 nitrogen and oxygen atoms in total. The van der Waals surface area contributed by atoms with Crippen LogP contribution in [0.2, 0.25) is 0 Å². The third kappa shape index (κ3) is 2.34. The molecule has 1 aromatic rings. The van der Waals surface area contributed by atoms with Gasteiger partial charge < -0.3 is 9.57 Å². The van der Waals surface area contributed by atoms with Gasteiger partial charge in [0.1, 0.15) is 0 Å². The first-order chi connectivity index (χ1) is 9.06. The van der Waals surface area contributed by atoms with Crippen LogP contribution in [0.4, 0.5) is 0 Å². The Morgan fingerprint density at radius 3 is 2.21 bits per heavy atom. The van der Waals surface area contributed by atoms with Crippen molar-refractivity contribution in [2.45, 2.75) is 20.0 Å². The van der Waals surface area contributed by atoms with Crippen LogP contribution in [0.3, 0.4) is 0 Å². The fraction of sp³-hybridized carbons (Fsp3) is 0.308. The second kappa shape index (κ2) is 5.19. The highest BCUT2D eigenvalue weighted by atomic mass is 16.7. The highest BCUT2D eigenvalue weighted by Gasteiger charge is 2.39. The number of ether oxygens (including phenoxy) is 1. The SMILES string of the molecule is CCOC(C)C(=O)ON1C(=O)c2ccccc2C1=O. The monoisotopic (exact) mass is 263 g/mol. The standard InChI is InChI=1S/C13H13NO5/c1-3-18-8(2)13(17)19-14-11(15)9-6-4-5-7-10(9)12(14)16/h4-8H,3H2,1-2H3. The van der Waals surface area contributed by atoms with E-state index in [1.54, 1.807) is 19.1 Å². The molecule has 0 saturated heterocycles. The molecule has 0 saturated carbocycles. The lowest BCUT2D eigenvalue weighted by Gasteiger charge is -2.16. The molecule has 1 atom stereocenters. The topological polar surface area (TPSA) is 72.9 Å². The largest absolute Gasteiger partial charge is 0.367 e. The van der Waals surface area contributed by atoms with Gasteiger partial charge in [0.05, 0.1) is 11.1 Å². The summed E-state index contributed by atoms with van der Waals surface area (Å²) in [6.45, 7) is 3.55. The van der Waals surface area contributed by atoms with E-state index in [0.717, 1.165) is 0 Å². The summed E-state index contributed by atoms with van der Waals surface area (Å²) in [5.41, 5.74) is 0.453. The summed E-state index contributed by atoms with van der Waals surface area (Å²) in [5.74, 6) is -2.06. The third-order valence-electron chi connectivity index (χ3n) is 2.69. The number of hydrogen-bond donors (Lipinski definition) is 0. The predicted molar refractivity (Wildman–Crippen MR) is 64.1 cm³/mol. The van der Waals surface area contributed by atoms with Gasteiger partial charge in [-0.25, -0.2) is 4.79 Å². The van der Waals surface area contributed by atoms with Crippen LogP contribution in [0.15, 0.2) is 24.3 Å². The maximum Gasteiger partial charge on any atom is 0.361 e. The zero-order valence-electron chi connectivity index (χ0n) is 10.6. The number of imide groups is 1. The minimum Gasteiger partial charge on any atom is -0.367 e.